The topological polar surface area (TPSA) is 67.8 Å². The van der Waals surface area contributed by atoms with Crippen molar-refractivity contribution in [3.05, 3.63) is 47.8 Å². The van der Waals surface area contributed by atoms with E-state index < -0.39 is 0 Å². The first-order valence-electron chi connectivity index (χ1n) is 11.7. The number of ether oxygens (including phenoxy) is 3. The number of anilines is 1. The second-order valence-corrected chi connectivity index (χ2v) is 8.81. The molecule has 2 aromatic rings. The molecule has 1 N–H and O–H groups in total. The Morgan fingerprint density at radius 3 is 2.47 bits per heavy atom. The van der Waals surface area contributed by atoms with Gasteiger partial charge in [-0.3, -0.25) is 9.80 Å². The number of hydrogen-bond donors (Lipinski definition) is 1. The van der Waals surface area contributed by atoms with Crippen molar-refractivity contribution in [1.82, 2.24) is 9.80 Å². The summed E-state index contributed by atoms with van der Waals surface area (Å²) in [7, 11) is 3.28. The van der Waals surface area contributed by atoms with E-state index in [-0.39, 0.29) is 17.8 Å². The smallest absolute Gasteiger partial charge is 0.162 e. The van der Waals surface area contributed by atoms with Crippen LogP contribution >= 0.6 is 0 Å². The van der Waals surface area contributed by atoms with Crippen molar-refractivity contribution in [2.24, 2.45) is 11.1 Å². The molecular formula is C25H31FN4O4. The quantitative estimate of drug-likeness (QED) is 0.636. The number of oxime groups is 1. The van der Waals surface area contributed by atoms with E-state index in [0.717, 1.165) is 62.8 Å². The molecule has 8 nitrogen and oxygen atoms in total. The molecular weight excluding hydrogens is 439 g/mol. The Labute approximate surface area is 199 Å². The fraction of sp³-hybridized carbons (Fsp3) is 0.480. The van der Waals surface area contributed by atoms with Gasteiger partial charge in [-0.1, -0.05) is 5.16 Å². The highest BCUT2D eigenvalue weighted by molar-refractivity contribution is 6.09. The highest BCUT2D eigenvalue weighted by atomic mass is 19.1. The molecule has 1 fully saturated rings. The summed E-state index contributed by atoms with van der Waals surface area (Å²) in [5.74, 6) is 2.04. The van der Waals surface area contributed by atoms with Gasteiger partial charge in [0.25, 0.3) is 0 Å². The molecule has 0 saturated carbocycles. The molecule has 182 valence electrons. The number of hydrogen-bond acceptors (Lipinski definition) is 8. The van der Waals surface area contributed by atoms with Crippen LogP contribution in [0, 0.1) is 11.7 Å². The first-order chi connectivity index (χ1) is 16.6. The lowest BCUT2D eigenvalue weighted by molar-refractivity contribution is 0.0180. The first-order valence-corrected chi connectivity index (χ1v) is 11.7. The molecule has 0 unspecified atom stereocenters. The van der Waals surface area contributed by atoms with Gasteiger partial charge >= 0.3 is 0 Å². The van der Waals surface area contributed by atoms with Gasteiger partial charge < -0.3 is 24.4 Å². The van der Waals surface area contributed by atoms with Crippen LogP contribution < -0.4 is 19.5 Å². The Balaban J connectivity index is 1.10. The average molecular weight is 471 g/mol. The number of fused-ring (bicyclic) bond motifs is 3. The van der Waals surface area contributed by atoms with Gasteiger partial charge in [-0.05, 0) is 30.3 Å². The molecule has 2 aromatic carbocycles. The molecule has 3 aliphatic rings. The van der Waals surface area contributed by atoms with Crippen LogP contribution in [0.3, 0.4) is 0 Å². The monoisotopic (exact) mass is 470 g/mol. The largest absolute Gasteiger partial charge is 0.493 e. The normalized spacial score (nSPS) is 22.1. The van der Waals surface area contributed by atoms with Gasteiger partial charge in [-0.2, -0.15) is 0 Å². The number of nitrogens with one attached hydrogen (secondary N) is 1. The lowest BCUT2D eigenvalue weighted by atomic mass is 9.87. The average Bonchev–Trinajstić information content (AvgIpc) is 3.28. The van der Waals surface area contributed by atoms with Crippen molar-refractivity contribution < 1.29 is 23.4 Å². The van der Waals surface area contributed by atoms with Crippen molar-refractivity contribution in [2.45, 2.75) is 6.10 Å². The van der Waals surface area contributed by atoms with Crippen LogP contribution in [0.4, 0.5) is 10.1 Å². The predicted molar refractivity (Wildman–Crippen MR) is 128 cm³/mol. The molecule has 3 heterocycles. The highest BCUT2D eigenvalue weighted by Gasteiger charge is 2.40. The number of benzene rings is 2. The maximum absolute atomic E-state index is 13.0. The minimum atomic E-state index is -0.250. The SMILES string of the molecule is COc1cc2c(cc1OC)C1=NO[C@@H](CN3CCN(CCOc4ccc(F)cc4)CC3)[C@@H]1CN2. The Morgan fingerprint density at radius 2 is 1.74 bits per heavy atom. The van der Waals surface area contributed by atoms with E-state index >= 15 is 0 Å². The third kappa shape index (κ3) is 4.76. The van der Waals surface area contributed by atoms with E-state index in [9.17, 15) is 4.39 Å². The zero-order valence-corrected chi connectivity index (χ0v) is 19.6. The minimum Gasteiger partial charge on any atom is -0.493 e. The van der Waals surface area contributed by atoms with E-state index in [1.54, 1.807) is 26.4 Å². The van der Waals surface area contributed by atoms with Crippen LogP contribution in [0.25, 0.3) is 0 Å². The zero-order valence-electron chi connectivity index (χ0n) is 19.6. The summed E-state index contributed by atoms with van der Waals surface area (Å²) in [5, 5.41) is 7.99. The van der Waals surface area contributed by atoms with Gasteiger partial charge in [0.05, 0.1) is 25.8 Å². The summed E-state index contributed by atoms with van der Waals surface area (Å²) < 4.78 is 29.6. The highest BCUT2D eigenvalue weighted by Crippen LogP contribution is 2.39. The standard InChI is InChI=1S/C25H31FN4O4/c1-31-22-13-19-21(14-23(22)32-2)27-15-20-24(34-28-25(19)20)16-30-9-7-29(8-10-30)11-12-33-18-5-3-17(26)4-6-18/h3-6,13-14,20,24,27H,7-12,15-16H2,1-2H3/t20-,24-/m0/s1. The molecule has 34 heavy (non-hydrogen) atoms. The summed E-state index contributed by atoms with van der Waals surface area (Å²) in [6.45, 7) is 7.00. The van der Waals surface area contributed by atoms with Crippen LogP contribution in [0.1, 0.15) is 5.56 Å². The third-order valence-electron chi connectivity index (χ3n) is 6.79. The van der Waals surface area contributed by atoms with Crippen LogP contribution in [0.5, 0.6) is 17.2 Å². The van der Waals surface area contributed by atoms with Crippen LogP contribution in [0.15, 0.2) is 41.6 Å². The lowest BCUT2D eigenvalue weighted by Gasteiger charge is -2.36. The van der Waals surface area contributed by atoms with Crippen LogP contribution in [-0.2, 0) is 4.84 Å². The van der Waals surface area contributed by atoms with Gasteiger partial charge in [0.2, 0.25) is 0 Å². The van der Waals surface area contributed by atoms with Crippen LogP contribution in [0.2, 0.25) is 0 Å². The maximum atomic E-state index is 13.0. The molecule has 0 aliphatic carbocycles. The Hall–Kier alpha value is -3.04. The Morgan fingerprint density at radius 1 is 1.03 bits per heavy atom. The summed E-state index contributed by atoms with van der Waals surface area (Å²) in [6, 6.07) is 10.1. The Kier molecular flexibility index (Phi) is 6.73. The number of rotatable bonds is 8. The third-order valence-corrected chi connectivity index (χ3v) is 6.79. The minimum absolute atomic E-state index is 0.0251. The first kappa shape index (κ1) is 22.7. The van der Waals surface area contributed by atoms with Gasteiger partial charge in [0, 0.05) is 63.1 Å². The number of halogens is 1. The van der Waals surface area contributed by atoms with E-state index in [4.69, 9.17) is 19.0 Å². The van der Waals surface area contributed by atoms with Gasteiger partial charge in [0.1, 0.15) is 24.3 Å². The molecule has 0 radical (unpaired) electrons. The van der Waals surface area contributed by atoms with Crippen molar-refractivity contribution >= 4 is 11.4 Å². The summed E-state index contributed by atoms with van der Waals surface area (Å²) >= 11 is 0. The van der Waals surface area contributed by atoms with E-state index in [0.29, 0.717) is 23.9 Å². The van der Waals surface area contributed by atoms with Gasteiger partial charge in [-0.25, -0.2) is 4.39 Å². The second-order valence-electron chi connectivity index (χ2n) is 8.81. The molecule has 0 spiro atoms. The van der Waals surface area contributed by atoms with Crippen molar-refractivity contribution in [3.8, 4) is 17.2 Å². The fourth-order valence-electron chi connectivity index (χ4n) is 4.81. The van der Waals surface area contributed by atoms with Gasteiger partial charge in [0.15, 0.2) is 11.5 Å². The van der Waals surface area contributed by atoms with Crippen LogP contribution in [-0.4, -0.2) is 88.3 Å². The molecule has 2 atom stereocenters. The lowest BCUT2D eigenvalue weighted by Crippen LogP contribution is -2.51. The molecule has 5 rings (SSSR count). The molecule has 1 saturated heterocycles. The second kappa shape index (κ2) is 10.1. The van der Waals surface area contributed by atoms with E-state index in [1.807, 2.05) is 12.1 Å². The summed E-state index contributed by atoms with van der Waals surface area (Å²) in [5.41, 5.74) is 2.99. The van der Waals surface area contributed by atoms with Crippen molar-refractivity contribution in [1.29, 1.82) is 0 Å². The number of nitrogens with zero attached hydrogens (tertiary/aromatic N) is 3. The number of methoxy groups -OCH3 is 2. The van der Waals surface area contributed by atoms with E-state index in [1.165, 1.54) is 12.1 Å². The number of piperazine rings is 1. The molecule has 0 aromatic heterocycles. The molecule has 0 amide bonds. The molecule has 0 bridgehead atoms. The molecule has 3 aliphatic heterocycles. The molecule has 9 heteroatoms. The fourth-order valence-corrected chi connectivity index (χ4v) is 4.81. The van der Waals surface area contributed by atoms with Gasteiger partial charge in [-0.15, -0.1) is 0 Å². The van der Waals surface area contributed by atoms with Crippen molar-refractivity contribution in [3.63, 3.8) is 0 Å². The Bertz CT molecular complexity index is 1020. The summed E-state index contributed by atoms with van der Waals surface area (Å²) in [6.07, 6.45) is 0.0251. The predicted octanol–water partition coefficient (Wildman–Crippen LogP) is 2.68. The zero-order chi connectivity index (χ0) is 23.5. The summed E-state index contributed by atoms with van der Waals surface area (Å²) in [4.78, 5) is 10.8. The van der Waals surface area contributed by atoms with E-state index in [2.05, 4.69) is 20.3 Å². The maximum Gasteiger partial charge on any atom is 0.162 e. The van der Waals surface area contributed by atoms with Crippen molar-refractivity contribution in [2.75, 3.05) is 72.0 Å².